The van der Waals surface area contributed by atoms with Crippen molar-refractivity contribution in [2.45, 2.75) is 13.8 Å². The SMILES string of the molecule is CC(=O)Nc1cccc(-c2nc(-c3ccc(-c4csc(C)n4)cc3)no2)c1. The van der Waals surface area contributed by atoms with E-state index in [4.69, 9.17) is 4.52 Å². The van der Waals surface area contributed by atoms with Crippen LogP contribution in [0.2, 0.25) is 0 Å². The second kappa shape index (κ2) is 7.13. The number of benzene rings is 2. The second-order valence-electron chi connectivity index (χ2n) is 6.01. The molecule has 7 heteroatoms. The lowest BCUT2D eigenvalue weighted by molar-refractivity contribution is -0.114. The molecule has 0 unspecified atom stereocenters. The molecule has 134 valence electrons. The zero-order chi connectivity index (χ0) is 18.8. The van der Waals surface area contributed by atoms with Crippen LogP contribution in [-0.4, -0.2) is 21.0 Å². The van der Waals surface area contributed by atoms with Crippen molar-refractivity contribution < 1.29 is 9.32 Å². The summed E-state index contributed by atoms with van der Waals surface area (Å²) in [6.07, 6.45) is 0. The predicted octanol–water partition coefficient (Wildman–Crippen LogP) is 4.79. The van der Waals surface area contributed by atoms with Gasteiger partial charge in [-0.2, -0.15) is 4.98 Å². The van der Waals surface area contributed by atoms with Crippen molar-refractivity contribution in [3.8, 4) is 34.1 Å². The Labute approximate surface area is 159 Å². The lowest BCUT2D eigenvalue weighted by atomic mass is 10.1. The maximum Gasteiger partial charge on any atom is 0.258 e. The average molecular weight is 376 g/mol. The van der Waals surface area contributed by atoms with E-state index in [0.29, 0.717) is 17.4 Å². The molecule has 0 fully saturated rings. The molecule has 0 saturated heterocycles. The first-order valence-electron chi connectivity index (χ1n) is 8.33. The van der Waals surface area contributed by atoms with Gasteiger partial charge in [0.2, 0.25) is 11.7 Å². The number of aromatic nitrogens is 3. The van der Waals surface area contributed by atoms with Gasteiger partial charge in [0.25, 0.3) is 5.89 Å². The zero-order valence-corrected chi connectivity index (χ0v) is 15.6. The van der Waals surface area contributed by atoms with E-state index < -0.39 is 0 Å². The number of hydrogen-bond acceptors (Lipinski definition) is 6. The number of thiazole rings is 1. The maximum absolute atomic E-state index is 11.2. The molecule has 0 atom stereocenters. The summed E-state index contributed by atoms with van der Waals surface area (Å²) in [6, 6.07) is 15.2. The van der Waals surface area contributed by atoms with Gasteiger partial charge in [0.05, 0.1) is 10.7 Å². The van der Waals surface area contributed by atoms with Gasteiger partial charge in [-0.05, 0) is 25.1 Å². The smallest absolute Gasteiger partial charge is 0.258 e. The topological polar surface area (TPSA) is 80.9 Å². The Morgan fingerprint density at radius 1 is 1.04 bits per heavy atom. The van der Waals surface area contributed by atoms with Crippen LogP contribution in [0.5, 0.6) is 0 Å². The average Bonchev–Trinajstić information content (AvgIpc) is 3.31. The van der Waals surface area contributed by atoms with Gasteiger partial charge in [0.15, 0.2) is 0 Å². The second-order valence-corrected chi connectivity index (χ2v) is 7.08. The highest BCUT2D eigenvalue weighted by molar-refractivity contribution is 7.09. The van der Waals surface area contributed by atoms with Gasteiger partial charge in [-0.1, -0.05) is 35.5 Å². The number of aryl methyl sites for hydroxylation is 1. The largest absolute Gasteiger partial charge is 0.334 e. The number of anilines is 1. The third kappa shape index (κ3) is 3.78. The van der Waals surface area contributed by atoms with Crippen LogP contribution in [0.1, 0.15) is 11.9 Å². The third-order valence-electron chi connectivity index (χ3n) is 3.91. The molecule has 4 aromatic rings. The number of carbonyl (C=O) groups is 1. The molecule has 1 N–H and O–H groups in total. The molecule has 2 heterocycles. The Kier molecular flexibility index (Phi) is 4.52. The van der Waals surface area contributed by atoms with Crippen LogP contribution in [0.15, 0.2) is 58.4 Å². The minimum Gasteiger partial charge on any atom is -0.334 e. The highest BCUT2D eigenvalue weighted by Gasteiger charge is 2.12. The van der Waals surface area contributed by atoms with Crippen molar-refractivity contribution in [1.29, 1.82) is 0 Å². The van der Waals surface area contributed by atoms with Crippen molar-refractivity contribution in [3.63, 3.8) is 0 Å². The first-order valence-corrected chi connectivity index (χ1v) is 9.21. The van der Waals surface area contributed by atoms with Crippen molar-refractivity contribution in [2.75, 3.05) is 5.32 Å². The molecule has 0 bridgehead atoms. The molecule has 2 aromatic carbocycles. The van der Waals surface area contributed by atoms with E-state index in [1.54, 1.807) is 23.5 Å². The Hall–Kier alpha value is -3.32. The minimum absolute atomic E-state index is 0.131. The van der Waals surface area contributed by atoms with Crippen LogP contribution in [0, 0.1) is 6.92 Å². The van der Waals surface area contributed by atoms with Crippen molar-refractivity contribution in [2.24, 2.45) is 0 Å². The summed E-state index contributed by atoms with van der Waals surface area (Å²) in [6.45, 7) is 3.46. The van der Waals surface area contributed by atoms with E-state index in [9.17, 15) is 4.79 Å². The summed E-state index contributed by atoms with van der Waals surface area (Å²) in [5, 5.41) is 9.90. The molecule has 0 aliphatic heterocycles. The molecular formula is C20H16N4O2S. The Morgan fingerprint density at radius 2 is 1.81 bits per heavy atom. The molecule has 4 rings (SSSR count). The summed E-state index contributed by atoms with van der Waals surface area (Å²) in [5.74, 6) is 0.779. The van der Waals surface area contributed by atoms with Gasteiger partial charge in [0, 0.05) is 34.7 Å². The summed E-state index contributed by atoms with van der Waals surface area (Å²) >= 11 is 1.63. The fourth-order valence-electron chi connectivity index (χ4n) is 2.68. The molecule has 1 amide bonds. The molecule has 0 aliphatic carbocycles. The highest BCUT2D eigenvalue weighted by Crippen LogP contribution is 2.27. The Bertz CT molecular complexity index is 1100. The highest BCUT2D eigenvalue weighted by atomic mass is 32.1. The molecule has 27 heavy (non-hydrogen) atoms. The first-order chi connectivity index (χ1) is 13.1. The quantitative estimate of drug-likeness (QED) is 0.554. The van der Waals surface area contributed by atoms with E-state index in [0.717, 1.165) is 27.4 Å². The number of amides is 1. The van der Waals surface area contributed by atoms with Gasteiger partial charge in [0.1, 0.15) is 0 Å². The van der Waals surface area contributed by atoms with Crippen LogP contribution in [0.25, 0.3) is 34.1 Å². The summed E-state index contributed by atoms with van der Waals surface area (Å²) in [7, 11) is 0. The standard InChI is InChI=1S/C20H16N4O2S/c1-12(25)21-17-5-3-4-16(10-17)20-23-19(24-26-20)15-8-6-14(7-9-15)18-11-27-13(2)22-18/h3-11H,1-2H3,(H,21,25). The summed E-state index contributed by atoms with van der Waals surface area (Å²) < 4.78 is 5.40. The summed E-state index contributed by atoms with van der Waals surface area (Å²) in [5.41, 5.74) is 4.30. The zero-order valence-electron chi connectivity index (χ0n) is 14.8. The fraction of sp³-hybridized carbons (Fsp3) is 0.100. The monoisotopic (exact) mass is 376 g/mol. The third-order valence-corrected chi connectivity index (χ3v) is 4.69. The van der Waals surface area contributed by atoms with Gasteiger partial charge >= 0.3 is 0 Å². The maximum atomic E-state index is 11.2. The summed E-state index contributed by atoms with van der Waals surface area (Å²) in [4.78, 5) is 20.2. The Morgan fingerprint density at radius 3 is 2.52 bits per heavy atom. The number of rotatable bonds is 4. The molecule has 0 aliphatic rings. The van der Waals surface area contributed by atoms with Gasteiger partial charge in [-0.25, -0.2) is 4.98 Å². The van der Waals surface area contributed by atoms with Crippen LogP contribution in [-0.2, 0) is 4.79 Å². The molecule has 0 spiro atoms. The number of nitrogens with zero attached hydrogens (tertiary/aromatic N) is 3. The number of hydrogen-bond donors (Lipinski definition) is 1. The molecule has 0 radical (unpaired) electrons. The lowest BCUT2D eigenvalue weighted by Crippen LogP contribution is -2.05. The van der Waals surface area contributed by atoms with Gasteiger partial charge < -0.3 is 9.84 Å². The van der Waals surface area contributed by atoms with E-state index in [1.807, 2.05) is 48.7 Å². The molecule has 2 aromatic heterocycles. The van der Waals surface area contributed by atoms with Gasteiger partial charge in [-0.15, -0.1) is 11.3 Å². The van der Waals surface area contributed by atoms with Crippen molar-refractivity contribution >= 4 is 22.9 Å². The van der Waals surface area contributed by atoms with E-state index in [1.165, 1.54) is 6.92 Å². The van der Waals surface area contributed by atoms with E-state index >= 15 is 0 Å². The van der Waals surface area contributed by atoms with E-state index in [2.05, 4.69) is 20.4 Å². The molecule has 0 saturated carbocycles. The fourth-order valence-corrected chi connectivity index (χ4v) is 3.30. The lowest BCUT2D eigenvalue weighted by Gasteiger charge is -2.02. The number of carbonyl (C=O) groups excluding carboxylic acids is 1. The van der Waals surface area contributed by atoms with Crippen LogP contribution < -0.4 is 5.32 Å². The van der Waals surface area contributed by atoms with Crippen molar-refractivity contribution in [3.05, 3.63) is 58.9 Å². The van der Waals surface area contributed by atoms with Crippen molar-refractivity contribution in [1.82, 2.24) is 15.1 Å². The van der Waals surface area contributed by atoms with Crippen LogP contribution in [0.3, 0.4) is 0 Å². The predicted molar refractivity (Wildman–Crippen MR) is 105 cm³/mol. The van der Waals surface area contributed by atoms with Gasteiger partial charge in [-0.3, -0.25) is 4.79 Å². The minimum atomic E-state index is -0.131. The molecule has 6 nitrogen and oxygen atoms in total. The van der Waals surface area contributed by atoms with Crippen LogP contribution in [0.4, 0.5) is 5.69 Å². The van der Waals surface area contributed by atoms with E-state index in [-0.39, 0.29) is 5.91 Å². The first kappa shape index (κ1) is 17.1. The number of nitrogens with one attached hydrogen (secondary N) is 1. The normalized spacial score (nSPS) is 10.7. The molecular weight excluding hydrogens is 360 g/mol. The Balaban J connectivity index is 1.58. The van der Waals surface area contributed by atoms with Crippen LogP contribution >= 0.6 is 11.3 Å².